The molecule has 278 valence electrons. The first-order valence-corrected chi connectivity index (χ1v) is 15.3. The van der Waals surface area contributed by atoms with Crippen LogP contribution in [-0.4, -0.2) is 59.5 Å². The summed E-state index contributed by atoms with van der Waals surface area (Å²) in [6.07, 6.45) is -15.0. The number of rotatable bonds is 12. The van der Waals surface area contributed by atoms with Gasteiger partial charge >= 0.3 is 6.18 Å². The molecule has 5 aromatic rings. The van der Waals surface area contributed by atoms with Gasteiger partial charge < -0.3 is 19.1 Å². The lowest BCUT2D eigenvalue weighted by Gasteiger charge is -2.39. The van der Waals surface area contributed by atoms with E-state index < -0.39 is 254 Å². The van der Waals surface area contributed by atoms with Gasteiger partial charge in [-0.1, -0.05) is 60.4 Å². The van der Waals surface area contributed by atoms with Crippen LogP contribution in [0.25, 0.3) is 22.0 Å². The number of carbonyl (C=O) groups excluding carboxylic acids is 1. The fourth-order valence-electron chi connectivity index (χ4n) is 4.45. The van der Waals surface area contributed by atoms with Gasteiger partial charge in [0.05, 0.1) is 47.3 Å². The minimum Gasteiger partial charge on any atom is -0.383 e. The van der Waals surface area contributed by atoms with Crippen molar-refractivity contribution in [1.29, 1.82) is 0 Å². The van der Waals surface area contributed by atoms with Crippen LogP contribution in [0, 0.1) is 18.6 Å². The van der Waals surface area contributed by atoms with E-state index in [0.717, 1.165) is 0 Å². The Morgan fingerprint density at radius 1 is 1.02 bits per heavy atom. The summed E-state index contributed by atoms with van der Waals surface area (Å²) in [5.41, 5.74) is -15.2. The van der Waals surface area contributed by atoms with Gasteiger partial charge in [0.1, 0.15) is 6.54 Å². The molecule has 2 heterocycles. The molecule has 1 aliphatic rings. The number of fused-ring (bicyclic) bond motifs is 1. The molecule has 0 spiro atoms. The Kier molecular flexibility index (Phi) is 4.93. The minimum absolute atomic E-state index is 0.0703. The minimum atomic E-state index is -5.37. The summed E-state index contributed by atoms with van der Waals surface area (Å²) in [7, 11) is 0.469. The number of hydrogen-bond donors (Lipinski definition) is 0. The molecule has 4 aromatic carbocycles. The molecule has 0 bridgehead atoms. The summed E-state index contributed by atoms with van der Waals surface area (Å²) in [6.45, 7) is -21.2. The van der Waals surface area contributed by atoms with Crippen LogP contribution >= 0.6 is 11.8 Å². The molecule has 1 aromatic heterocycles. The Morgan fingerprint density at radius 3 is 2.45 bits per heavy atom. The van der Waals surface area contributed by atoms with Crippen LogP contribution in [0.1, 0.15) is 76.1 Å². The zero-order valence-corrected chi connectivity index (χ0v) is 27.6. The second-order valence-corrected chi connectivity index (χ2v) is 11.1. The number of carbonyl (C=O) groups is 1. The van der Waals surface area contributed by atoms with Crippen molar-refractivity contribution in [3.05, 3.63) is 135 Å². The van der Waals surface area contributed by atoms with Crippen LogP contribution in [-0.2, 0) is 34.5 Å². The van der Waals surface area contributed by atoms with Crippen LogP contribution in [0.4, 0.5) is 22.0 Å². The Hall–Kier alpha value is -4.52. The number of aromatic nitrogens is 1. The quantitative estimate of drug-likeness (QED) is 0.0938. The Morgan fingerprint density at radius 2 is 1.74 bits per heavy atom. The molecule has 0 N–H and O–H groups in total. The number of piperidine rings is 1. The standard InChI is InChI=1S/C41H40F5N3O3S/c1-27-22-30(14-15-34(27)41(44,45)46)29-12-10-28(11-13-29)24-48(32-16-18-47(19-17-32)20-21-52-2)38(51)25-49-36-9-4-3-7-33(36)37(50)23-39(49)53-26-31-6-5-8-35(42)40(31)43/h3-15,22-23,32H,16-21,24-26H2,1-2H3/i3D,4D,5D,6D,7D,8D,9D,10D,11D,12D,13D,14D,15D,16D2,17D2,18D2,19D2,20D2,21D2,22D,23D,26D2,32D. The third-order valence-corrected chi connectivity index (χ3v) is 7.70. The highest BCUT2D eigenvalue weighted by Gasteiger charge is 2.32. The number of nitrogens with zero attached hydrogens (tertiary/aromatic N) is 3. The third kappa shape index (κ3) is 9.00. The first kappa shape index (κ1) is 15.7. The summed E-state index contributed by atoms with van der Waals surface area (Å²) in [6, 6.07) is -26.6. The van der Waals surface area contributed by atoms with Gasteiger partial charge in [0, 0.05) is 78.3 Å². The molecule has 0 atom stereocenters. The number of para-hydroxylation sites is 1. The summed E-state index contributed by atoms with van der Waals surface area (Å²) in [5, 5.41) is -2.69. The summed E-state index contributed by atoms with van der Waals surface area (Å²) < 4.78 is 340. The van der Waals surface area contributed by atoms with Crippen LogP contribution in [0.3, 0.4) is 0 Å². The number of methoxy groups -OCH3 is 1. The van der Waals surface area contributed by atoms with Crippen molar-refractivity contribution in [2.45, 2.75) is 55.7 Å². The topological polar surface area (TPSA) is 54.8 Å². The van der Waals surface area contributed by atoms with Gasteiger partial charge in [-0.2, -0.15) is 13.2 Å². The van der Waals surface area contributed by atoms with Crippen LogP contribution < -0.4 is 5.43 Å². The predicted octanol–water partition coefficient (Wildman–Crippen LogP) is 8.71. The SMILES string of the molecule is [2H]c1c([2H])c(F)c(F)c(C([2H])([2H])Sc2c([2H])c(=O)c3c([2H])c([2H])c([2H])c([2H])c3n2CC(=O)N(Cc2c([2H])c([2H])c(-c3c([2H])c([2H])c(C(F)(F)F)c(C)c3[2H])c([2H])c2[2H])C2([2H])C([2H])([2H])C([2H])([2H])N(C([2H])([2H])C([2H])([2H])OC)C([2H])([2H])C2([2H])[2H])c1[2H]. The van der Waals surface area contributed by atoms with E-state index in [1.807, 2.05) is 0 Å². The monoisotopic (exact) mass is 779 g/mol. The van der Waals surface area contributed by atoms with Crippen molar-refractivity contribution in [3.8, 4) is 11.1 Å². The number of likely N-dealkylation sites (tertiary alicyclic amines) is 1. The highest BCUT2D eigenvalue weighted by Crippen LogP contribution is 2.34. The molecule has 6 nitrogen and oxygen atoms in total. The molecular weight excluding hydrogens is 710 g/mol. The molecule has 0 aliphatic carbocycles. The number of pyridine rings is 1. The van der Waals surface area contributed by atoms with E-state index in [2.05, 4.69) is 4.74 Å². The van der Waals surface area contributed by atoms with E-state index in [4.69, 9.17) is 34.3 Å². The molecule has 12 heteroatoms. The van der Waals surface area contributed by atoms with Crippen molar-refractivity contribution in [1.82, 2.24) is 14.4 Å². The molecule has 1 amide bonds. The van der Waals surface area contributed by atoms with Crippen LogP contribution in [0.15, 0.2) is 100 Å². The molecule has 1 saturated heterocycles. The lowest BCUT2D eigenvalue weighted by Crippen LogP contribution is -2.48. The zero-order valence-electron chi connectivity index (χ0n) is 56.8. The largest absolute Gasteiger partial charge is 0.416 e. The zero-order chi connectivity index (χ0) is 64.2. The number of benzene rings is 4. The summed E-state index contributed by atoms with van der Waals surface area (Å²) >= 11 is -0.642. The average Bonchev–Trinajstić information content (AvgIpc) is 0.807. The molecule has 1 fully saturated rings. The maximum Gasteiger partial charge on any atom is 0.416 e. The summed E-state index contributed by atoms with van der Waals surface area (Å²) in [5.74, 6) is -6.82. The fourth-order valence-corrected chi connectivity index (χ4v) is 5.20. The van der Waals surface area contributed by atoms with Gasteiger partial charge in [-0.3, -0.25) is 9.59 Å². The van der Waals surface area contributed by atoms with Crippen molar-refractivity contribution in [2.24, 2.45) is 0 Å². The molecule has 53 heavy (non-hydrogen) atoms. The highest BCUT2D eigenvalue weighted by molar-refractivity contribution is 7.98. The van der Waals surface area contributed by atoms with Crippen molar-refractivity contribution in [2.75, 3.05) is 33.2 Å². The lowest BCUT2D eigenvalue weighted by atomic mass is 9.98. The Balaban J connectivity index is 1.79. The number of hydrogen-bond acceptors (Lipinski definition) is 5. The first-order valence-electron chi connectivity index (χ1n) is 29.5. The van der Waals surface area contributed by atoms with Crippen LogP contribution in [0.5, 0.6) is 0 Å². The van der Waals surface area contributed by atoms with E-state index in [-0.39, 0.29) is 4.57 Å². The maximum atomic E-state index is 15.7. The molecule has 0 saturated carbocycles. The van der Waals surface area contributed by atoms with E-state index >= 15 is 13.6 Å². The lowest BCUT2D eigenvalue weighted by molar-refractivity contribution is -0.138. The summed E-state index contributed by atoms with van der Waals surface area (Å²) in [4.78, 5) is 28.2. The highest BCUT2D eigenvalue weighted by atomic mass is 32.2. The van der Waals surface area contributed by atoms with E-state index in [1.54, 1.807) is 0 Å². The van der Waals surface area contributed by atoms with E-state index in [1.165, 1.54) is 0 Å². The maximum absolute atomic E-state index is 15.7. The molecule has 6 rings (SSSR count). The van der Waals surface area contributed by atoms with Gasteiger partial charge in [0.15, 0.2) is 17.1 Å². The van der Waals surface area contributed by atoms with Gasteiger partial charge in [0.2, 0.25) is 5.91 Å². The van der Waals surface area contributed by atoms with Gasteiger partial charge in [-0.05, 0) is 66.1 Å². The number of ether oxygens (including phenoxy) is 1. The Bertz CT molecular complexity index is 3560. The van der Waals surface area contributed by atoms with Gasteiger partial charge in [0.25, 0.3) is 0 Å². The smallest absolute Gasteiger partial charge is 0.383 e. The van der Waals surface area contributed by atoms with E-state index in [0.29, 0.717) is 14.0 Å². The number of amides is 1. The van der Waals surface area contributed by atoms with Crippen molar-refractivity contribution >= 4 is 28.6 Å². The normalized spacial score (nSPS) is 27.5. The second-order valence-electron chi connectivity index (χ2n) is 10.3. The average molecular weight is 780 g/mol. The molecule has 1 aliphatic heterocycles. The van der Waals surface area contributed by atoms with Crippen LogP contribution in [0.2, 0.25) is 0 Å². The Labute approximate surface area is 351 Å². The van der Waals surface area contributed by atoms with Crippen molar-refractivity contribution < 1.29 is 72.6 Å². The van der Waals surface area contributed by atoms with E-state index in [9.17, 15) is 24.8 Å². The second kappa shape index (κ2) is 16.7. The first-order chi connectivity index (χ1) is 37.3. The molecule has 0 radical (unpaired) electrons. The molecule has 0 unspecified atom stereocenters. The molecular formula is C41H40F5N3O3S. The van der Waals surface area contributed by atoms with Gasteiger partial charge in [-0.15, -0.1) is 11.8 Å². The number of thioether (sulfide) groups is 1. The third-order valence-electron chi connectivity index (χ3n) is 6.87. The predicted molar refractivity (Wildman–Crippen MR) is 198 cm³/mol. The van der Waals surface area contributed by atoms with Gasteiger partial charge in [-0.25, -0.2) is 8.78 Å². The van der Waals surface area contributed by atoms with Crippen molar-refractivity contribution in [3.63, 3.8) is 0 Å². The fraction of sp³-hybridized carbons (Fsp3) is 0.317. The number of halogens is 5. The number of alkyl halides is 3.